The zero-order chi connectivity index (χ0) is 18.7. The average molecular weight is 367 g/mol. The molecule has 1 aromatic carbocycles. The van der Waals surface area contributed by atoms with E-state index < -0.39 is 24.5 Å². The molecule has 0 spiro atoms. The summed E-state index contributed by atoms with van der Waals surface area (Å²) in [6.07, 6.45) is 0. The van der Waals surface area contributed by atoms with E-state index in [1.54, 1.807) is 13.0 Å². The minimum Gasteiger partial charge on any atom is -0.455 e. The van der Waals surface area contributed by atoms with Crippen molar-refractivity contribution >= 4 is 41.3 Å². The molecule has 1 rings (SSSR count). The molecule has 0 aliphatic rings. The first-order chi connectivity index (χ1) is 11.9. The van der Waals surface area contributed by atoms with Gasteiger partial charge in [0.05, 0.1) is 11.5 Å². The number of thioether (sulfide) groups is 1. The van der Waals surface area contributed by atoms with E-state index in [0.717, 1.165) is 17.3 Å². The van der Waals surface area contributed by atoms with E-state index in [9.17, 15) is 19.2 Å². The normalized spacial score (nSPS) is 9.84. The Kier molecular flexibility index (Phi) is 9.09. The number of hydrogen-bond acceptors (Lipinski definition) is 6. The first-order valence-corrected chi connectivity index (χ1v) is 8.73. The molecule has 1 aromatic rings. The molecular formula is C16H21N3O5S. The molecule has 0 saturated heterocycles. The van der Waals surface area contributed by atoms with Gasteiger partial charge in [0.15, 0.2) is 6.61 Å². The van der Waals surface area contributed by atoms with Gasteiger partial charge in [-0.1, -0.05) is 12.1 Å². The van der Waals surface area contributed by atoms with Crippen LogP contribution in [0.25, 0.3) is 0 Å². The van der Waals surface area contributed by atoms with Crippen LogP contribution in [0.2, 0.25) is 0 Å². The van der Waals surface area contributed by atoms with Gasteiger partial charge in [0.25, 0.3) is 5.91 Å². The second-order valence-electron chi connectivity index (χ2n) is 4.98. The minimum absolute atomic E-state index is 0.0737. The molecule has 136 valence electrons. The van der Waals surface area contributed by atoms with Gasteiger partial charge in [0.1, 0.15) is 0 Å². The molecule has 0 heterocycles. The molecule has 0 aliphatic heterocycles. The summed E-state index contributed by atoms with van der Waals surface area (Å²) in [4.78, 5) is 45.7. The summed E-state index contributed by atoms with van der Waals surface area (Å²) in [5.41, 5.74) is 1.72. The number of aryl methyl sites for hydroxylation is 1. The maximum absolute atomic E-state index is 11.8. The molecular weight excluding hydrogens is 346 g/mol. The maximum atomic E-state index is 11.8. The van der Waals surface area contributed by atoms with Crippen LogP contribution < -0.4 is 16.0 Å². The number of imide groups is 1. The molecule has 0 radical (unpaired) electrons. The lowest BCUT2D eigenvalue weighted by Gasteiger charge is -2.07. The minimum atomic E-state index is -0.721. The number of esters is 1. The van der Waals surface area contributed by atoms with Crippen LogP contribution in [-0.4, -0.2) is 48.5 Å². The highest BCUT2D eigenvalue weighted by atomic mass is 32.2. The Morgan fingerprint density at radius 3 is 2.56 bits per heavy atom. The lowest BCUT2D eigenvalue weighted by atomic mass is 10.2. The maximum Gasteiger partial charge on any atom is 0.321 e. The van der Waals surface area contributed by atoms with Crippen molar-refractivity contribution in [1.82, 2.24) is 10.6 Å². The molecule has 0 unspecified atom stereocenters. The lowest BCUT2D eigenvalue weighted by Crippen LogP contribution is -2.41. The first-order valence-electron chi connectivity index (χ1n) is 7.58. The predicted octanol–water partition coefficient (Wildman–Crippen LogP) is 1.06. The van der Waals surface area contributed by atoms with Crippen molar-refractivity contribution in [2.45, 2.75) is 13.8 Å². The highest BCUT2D eigenvalue weighted by molar-refractivity contribution is 8.00. The summed E-state index contributed by atoms with van der Waals surface area (Å²) >= 11 is 1.07. The summed E-state index contributed by atoms with van der Waals surface area (Å²) in [5.74, 6) is -1.60. The molecule has 0 atom stereocenters. The molecule has 3 N–H and O–H groups in total. The van der Waals surface area contributed by atoms with Crippen molar-refractivity contribution in [3.05, 3.63) is 29.8 Å². The molecule has 0 aliphatic carbocycles. The molecule has 9 heteroatoms. The van der Waals surface area contributed by atoms with Gasteiger partial charge in [-0.3, -0.25) is 19.7 Å². The Morgan fingerprint density at radius 2 is 1.88 bits per heavy atom. The zero-order valence-electron chi connectivity index (χ0n) is 14.1. The third kappa shape index (κ3) is 9.36. The lowest BCUT2D eigenvalue weighted by molar-refractivity contribution is -0.145. The fraction of sp³-hybridized carbons (Fsp3) is 0.375. The number of anilines is 1. The fourth-order valence-corrected chi connectivity index (χ4v) is 2.31. The number of urea groups is 1. The number of carbonyl (C=O) groups is 4. The Morgan fingerprint density at radius 1 is 1.12 bits per heavy atom. The molecule has 0 aromatic heterocycles. The number of rotatable bonds is 8. The fourth-order valence-electron chi connectivity index (χ4n) is 1.70. The van der Waals surface area contributed by atoms with Crippen LogP contribution in [0.15, 0.2) is 24.3 Å². The highest BCUT2D eigenvalue weighted by Crippen LogP contribution is 2.10. The van der Waals surface area contributed by atoms with Gasteiger partial charge in [-0.15, -0.1) is 11.8 Å². The third-order valence-corrected chi connectivity index (χ3v) is 3.62. The van der Waals surface area contributed by atoms with E-state index in [2.05, 4.69) is 10.6 Å². The van der Waals surface area contributed by atoms with E-state index in [4.69, 9.17) is 4.74 Å². The quantitative estimate of drug-likeness (QED) is 0.592. The van der Waals surface area contributed by atoms with Crippen LogP contribution >= 0.6 is 11.8 Å². The first kappa shape index (κ1) is 20.5. The number of carbonyl (C=O) groups excluding carboxylic acids is 4. The number of ether oxygens (including phenoxy) is 1. The van der Waals surface area contributed by atoms with Crippen molar-refractivity contribution in [2.24, 2.45) is 0 Å². The predicted molar refractivity (Wildman–Crippen MR) is 95.3 cm³/mol. The van der Waals surface area contributed by atoms with E-state index in [1.807, 2.05) is 30.4 Å². The van der Waals surface area contributed by atoms with E-state index >= 15 is 0 Å². The largest absolute Gasteiger partial charge is 0.455 e. The molecule has 8 nitrogen and oxygen atoms in total. The molecule has 4 amide bonds. The number of nitrogens with one attached hydrogen (secondary N) is 3. The van der Waals surface area contributed by atoms with Crippen LogP contribution in [0.4, 0.5) is 10.5 Å². The van der Waals surface area contributed by atoms with Gasteiger partial charge in [-0.25, -0.2) is 4.79 Å². The highest BCUT2D eigenvalue weighted by Gasteiger charge is 2.11. The van der Waals surface area contributed by atoms with Crippen LogP contribution in [0.3, 0.4) is 0 Å². The van der Waals surface area contributed by atoms with Gasteiger partial charge in [-0.05, 0) is 31.5 Å². The zero-order valence-corrected chi connectivity index (χ0v) is 14.9. The van der Waals surface area contributed by atoms with Gasteiger partial charge >= 0.3 is 12.0 Å². The summed E-state index contributed by atoms with van der Waals surface area (Å²) < 4.78 is 4.72. The van der Waals surface area contributed by atoms with Crippen LogP contribution in [-0.2, 0) is 19.1 Å². The van der Waals surface area contributed by atoms with E-state index in [0.29, 0.717) is 12.2 Å². The van der Waals surface area contributed by atoms with Crippen LogP contribution in [0.5, 0.6) is 0 Å². The average Bonchev–Trinajstić information content (AvgIpc) is 2.53. The van der Waals surface area contributed by atoms with Crippen LogP contribution in [0.1, 0.15) is 12.5 Å². The third-order valence-electron chi connectivity index (χ3n) is 2.71. The van der Waals surface area contributed by atoms with Crippen molar-refractivity contribution in [1.29, 1.82) is 0 Å². The Balaban J connectivity index is 2.18. The molecule has 0 saturated carbocycles. The van der Waals surface area contributed by atoms with E-state index in [1.165, 1.54) is 0 Å². The summed E-state index contributed by atoms with van der Waals surface area (Å²) in [6.45, 7) is 3.45. The van der Waals surface area contributed by atoms with Crippen molar-refractivity contribution in [3.63, 3.8) is 0 Å². The molecule has 0 bridgehead atoms. The number of amides is 4. The standard InChI is InChI=1S/C16H21N3O5S/c1-3-17-16(23)19-13(20)8-24-15(22)10-25-9-14(21)18-12-6-4-5-11(2)7-12/h4-7H,3,8-10H2,1-2H3,(H,18,21)(H2,17,19,20,23). The van der Waals surface area contributed by atoms with Crippen LogP contribution in [0, 0.1) is 6.92 Å². The summed E-state index contributed by atoms with van der Waals surface area (Å²) in [7, 11) is 0. The molecule has 0 fully saturated rings. The second kappa shape index (κ2) is 11.1. The molecule has 25 heavy (non-hydrogen) atoms. The van der Waals surface area contributed by atoms with Gasteiger partial charge in [-0.2, -0.15) is 0 Å². The monoisotopic (exact) mass is 367 g/mol. The van der Waals surface area contributed by atoms with Crippen molar-refractivity contribution in [3.8, 4) is 0 Å². The van der Waals surface area contributed by atoms with Crippen molar-refractivity contribution < 1.29 is 23.9 Å². The summed E-state index contributed by atoms with van der Waals surface area (Å²) in [6, 6.07) is 6.72. The topological polar surface area (TPSA) is 114 Å². The summed E-state index contributed by atoms with van der Waals surface area (Å²) in [5, 5.41) is 7.10. The SMILES string of the molecule is CCNC(=O)NC(=O)COC(=O)CSCC(=O)Nc1cccc(C)c1. The van der Waals surface area contributed by atoms with Gasteiger partial charge in [0.2, 0.25) is 5.91 Å². The van der Waals surface area contributed by atoms with Crippen molar-refractivity contribution in [2.75, 3.05) is 30.0 Å². The number of benzene rings is 1. The Labute approximate surface area is 150 Å². The van der Waals surface area contributed by atoms with Gasteiger partial charge in [0, 0.05) is 12.2 Å². The Hall–Kier alpha value is -2.55. The Bertz CT molecular complexity index is 636. The number of hydrogen-bond donors (Lipinski definition) is 3. The van der Waals surface area contributed by atoms with E-state index in [-0.39, 0.29) is 17.4 Å². The second-order valence-corrected chi connectivity index (χ2v) is 5.96. The van der Waals surface area contributed by atoms with Gasteiger partial charge < -0.3 is 15.4 Å². The smallest absolute Gasteiger partial charge is 0.321 e.